The number of hydrogen-bond donors (Lipinski definition) is 2. The number of ether oxygens (including phenoxy) is 1. The van der Waals surface area contributed by atoms with Crippen LogP contribution in [0.1, 0.15) is 24.3 Å². The molecule has 1 amide bonds. The lowest BCUT2D eigenvalue weighted by Gasteiger charge is -2.36. The van der Waals surface area contributed by atoms with Gasteiger partial charge in [0.15, 0.2) is 5.82 Å². The monoisotopic (exact) mass is 250 g/mol. The van der Waals surface area contributed by atoms with E-state index in [1.807, 2.05) is 18.7 Å². The summed E-state index contributed by atoms with van der Waals surface area (Å²) in [5.41, 5.74) is 11.9. The number of carbonyl (C=O) groups excluding carboxylic acids is 1. The summed E-state index contributed by atoms with van der Waals surface area (Å²) in [6, 6.07) is 3.20. The standard InChI is InChI=1S/C12H18N4O2/c1-7-5-16(6-8(2)18-7)12-9(13)3-4-10(15-12)11(14)17/h3-4,7-8H,5-6,13H2,1-2H3,(H2,14,17)/t7-,8+. The highest BCUT2D eigenvalue weighted by molar-refractivity contribution is 5.91. The quantitative estimate of drug-likeness (QED) is 0.791. The fourth-order valence-electron chi connectivity index (χ4n) is 2.20. The van der Waals surface area contributed by atoms with Gasteiger partial charge in [0, 0.05) is 13.1 Å². The molecule has 0 unspecified atom stereocenters. The molecule has 1 fully saturated rings. The fraction of sp³-hybridized carbons (Fsp3) is 0.500. The first-order valence-electron chi connectivity index (χ1n) is 5.94. The first-order valence-corrected chi connectivity index (χ1v) is 5.94. The van der Waals surface area contributed by atoms with Crippen LogP contribution in [-0.2, 0) is 4.74 Å². The minimum Gasteiger partial charge on any atom is -0.396 e. The van der Waals surface area contributed by atoms with Crippen LogP contribution in [0.3, 0.4) is 0 Å². The van der Waals surface area contributed by atoms with Crippen molar-refractivity contribution in [3.8, 4) is 0 Å². The van der Waals surface area contributed by atoms with Crippen molar-refractivity contribution in [2.24, 2.45) is 5.73 Å². The molecule has 1 aliphatic rings. The summed E-state index contributed by atoms with van der Waals surface area (Å²) < 4.78 is 5.65. The molecule has 6 heteroatoms. The normalized spacial score (nSPS) is 24.0. The van der Waals surface area contributed by atoms with Gasteiger partial charge in [0.1, 0.15) is 5.69 Å². The highest BCUT2D eigenvalue weighted by Crippen LogP contribution is 2.24. The molecule has 1 aromatic heterocycles. The van der Waals surface area contributed by atoms with Crippen molar-refractivity contribution >= 4 is 17.4 Å². The lowest BCUT2D eigenvalue weighted by molar-refractivity contribution is -0.00541. The zero-order valence-electron chi connectivity index (χ0n) is 10.6. The molecule has 2 rings (SSSR count). The van der Waals surface area contributed by atoms with E-state index in [1.54, 1.807) is 6.07 Å². The van der Waals surface area contributed by atoms with E-state index in [2.05, 4.69) is 4.98 Å². The van der Waals surface area contributed by atoms with E-state index in [4.69, 9.17) is 16.2 Å². The second kappa shape index (κ2) is 4.81. The van der Waals surface area contributed by atoms with E-state index in [0.29, 0.717) is 24.6 Å². The molecule has 1 aliphatic heterocycles. The summed E-state index contributed by atoms with van der Waals surface area (Å²) in [6.45, 7) is 5.39. The van der Waals surface area contributed by atoms with Crippen molar-refractivity contribution in [2.45, 2.75) is 26.1 Å². The molecule has 0 spiro atoms. The average molecular weight is 250 g/mol. The van der Waals surface area contributed by atoms with Crippen LogP contribution in [0.25, 0.3) is 0 Å². The lowest BCUT2D eigenvalue weighted by atomic mass is 10.2. The van der Waals surface area contributed by atoms with Crippen LogP contribution >= 0.6 is 0 Å². The largest absolute Gasteiger partial charge is 0.396 e. The Kier molecular flexibility index (Phi) is 3.38. The summed E-state index contributed by atoms with van der Waals surface area (Å²) in [6.07, 6.45) is 0.208. The van der Waals surface area contributed by atoms with Crippen LogP contribution in [0.2, 0.25) is 0 Å². The second-order valence-corrected chi connectivity index (χ2v) is 4.64. The molecule has 1 saturated heterocycles. The van der Waals surface area contributed by atoms with E-state index in [9.17, 15) is 4.79 Å². The number of rotatable bonds is 2. The highest BCUT2D eigenvalue weighted by atomic mass is 16.5. The first kappa shape index (κ1) is 12.6. The van der Waals surface area contributed by atoms with Crippen molar-refractivity contribution < 1.29 is 9.53 Å². The number of morpholine rings is 1. The second-order valence-electron chi connectivity index (χ2n) is 4.64. The number of primary amides is 1. The average Bonchev–Trinajstić information content (AvgIpc) is 2.27. The summed E-state index contributed by atoms with van der Waals surface area (Å²) >= 11 is 0. The fourth-order valence-corrected chi connectivity index (χ4v) is 2.20. The Morgan fingerprint density at radius 3 is 2.56 bits per heavy atom. The number of aromatic nitrogens is 1. The van der Waals surface area contributed by atoms with E-state index in [0.717, 1.165) is 0 Å². The maximum atomic E-state index is 11.2. The minimum atomic E-state index is -0.550. The van der Waals surface area contributed by atoms with E-state index in [1.165, 1.54) is 6.07 Å². The van der Waals surface area contributed by atoms with Crippen molar-refractivity contribution in [2.75, 3.05) is 23.7 Å². The van der Waals surface area contributed by atoms with Gasteiger partial charge in [0.2, 0.25) is 0 Å². The van der Waals surface area contributed by atoms with Crippen molar-refractivity contribution in [3.05, 3.63) is 17.8 Å². The molecular weight excluding hydrogens is 232 g/mol. The van der Waals surface area contributed by atoms with Gasteiger partial charge in [0.25, 0.3) is 5.91 Å². The third-order valence-electron chi connectivity index (χ3n) is 2.88. The number of nitrogens with zero attached hydrogens (tertiary/aromatic N) is 2. The van der Waals surface area contributed by atoms with Gasteiger partial charge in [-0.1, -0.05) is 0 Å². The Bertz CT molecular complexity index is 453. The molecular formula is C12H18N4O2. The van der Waals surface area contributed by atoms with Crippen molar-refractivity contribution in [1.29, 1.82) is 0 Å². The summed E-state index contributed by atoms with van der Waals surface area (Å²) in [5, 5.41) is 0. The van der Waals surface area contributed by atoms with Gasteiger partial charge < -0.3 is 21.1 Å². The molecule has 0 bridgehead atoms. The predicted molar refractivity (Wildman–Crippen MR) is 69.4 cm³/mol. The molecule has 0 radical (unpaired) electrons. The molecule has 0 saturated carbocycles. The van der Waals surface area contributed by atoms with Gasteiger partial charge in [-0.05, 0) is 26.0 Å². The van der Waals surface area contributed by atoms with Gasteiger partial charge in [0.05, 0.1) is 17.9 Å². The van der Waals surface area contributed by atoms with Gasteiger partial charge in [-0.2, -0.15) is 0 Å². The zero-order chi connectivity index (χ0) is 13.3. The Morgan fingerprint density at radius 2 is 2.00 bits per heavy atom. The highest BCUT2D eigenvalue weighted by Gasteiger charge is 2.25. The Labute approximate surface area is 106 Å². The molecule has 1 aromatic rings. The number of pyridine rings is 1. The molecule has 0 aliphatic carbocycles. The van der Waals surface area contributed by atoms with Gasteiger partial charge in [-0.25, -0.2) is 4.98 Å². The number of amides is 1. The molecule has 2 atom stereocenters. The summed E-state index contributed by atoms with van der Waals surface area (Å²) in [7, 11) is 0. The maximum absolute atomic E-state index is 11.2. The van der Waals surface area contributed by atoms with Crippen LogP contribution in [0.4, 0.5) is 11.5 Å². The van der Waals surface area contributed by atoms with E-state index in [-0.39, 0.29) is 17.9 Å². The topological polar surface area (TPSA) is 94.5 Å². The number of hydrogen-bond acceptors (Lipinski definition) is 5. The molecule has 4 N–H and O–H groups in total. The lowest BCUT2D eigenvalue weighted by Crippen LogP contribution is -2.46. The zero-order valence-corrected chi connectivity index (χ0v) is 10.6. The Morgan fingerprint density at radius 1 is 1.39 bits per heavy atom. The molecule has 98 valence electrons. The molecule has 18 heavy (non-hydrogen) atoms. The van der Waals surface area contributed by atoms with Crippen LogP contribution in [-0.4, -0.2) is 36.2 Å². The SMILES string of the molecule is C[C@@H]1CN(c2nc(C(N)=O)ccc2N)C[C@H](C)O1. The van der Waals surface area contributed by atoms with E-state index < -0.39 is 5.91 Å². The number of carbonyl (C=O) groups is 1. The van der Waals surface area contributed by atoms with Crippen molar-refractivity contribution in [1.82, 2.24) is 4.98 Å². The first-order chi connectivity index (χ1) is 8.47. The summed E-state index contributed by atoms with van der Waals surface area (Å²) in [4.78, 5) is 17.4. The third kappa shape index (κ3) is 2.53. The number of anilines is 2. The van der Waals surface area contributed by atoms with Gasteiger partial charge in [-0.3, -0.25) is 4.79 Å². The predicted octanol–water partition coefficient (Wildman–Crippen LogP) is 0.376. The van der Waals surface area contributed by atoms with Gasteiger partial charge in [-0.15, -0.1) is 0 Å². The molecule has 2 heterocycles. The van der Waals surface area contributed by atoms with Crippen molar-refractivity contribution in [3.63, 3.8) is 0 Å². The Hall–Kier alpha value is -1.82. The minimum absolute atomic E-state index is 0.104. The van der Waals surface area contributed by atoms with Crippen LogP contribution in [0.5, 0.6) is 0 Å². The van der Waals surface area contributed by atoms with Crippen LogP contribution < -0.4 is 16.4 Å². The smallest absolute Gasteiger partial charge is 0.267 e. The maximum Gasteiger partial charge on any atom is 0.267 e. The molecule has 6 nitrogen and oxygen atoms in total. The Balaban J connectivity index is 2.31. The van der Waals surface area contributed by atoms with Crippen LogP contribution in [0.15, 0.2) is 12.1 Å². The molecule has 0 aromatic carbocycles. The number of nitrogens with two attached hydrogens (primary N) is 2. The summed E-state index contributed by atoms with van der Waals surface area (Å²) in [5.74, 6) is 0.0545. The number of nitrogen functional groups attached to an aromatic ring is 1. The van der Waals surface area contributed by atoms with E-state index >= 15 is 0 Å². The third-order valence-corrected chi connectivity index (χ3v) is 2.88. The van der Waals surface area contributed by atoms with Gasteiger partial charge >= 0.3 is 0 Å². The van der Waals surface area contributed by atoms with Crippen LogP contribution in [0, 0.1) is 0 Å².